The van der Waals surface area contributed by atoms with Crippen LogP contribution < -0.4 is 0 Å². The number of fused-ring (bicyclic) bond motifs is 3. The fourth-order valence-electron chi connectivity index (χ4n) is 3.48. The molecule has 0 aliphatic heterocycles. The minimum Gasteiger partial charge on any atom is -0.251 e. The van der Waals surface area contributed by atoms with Crippen molar-refractivity contribution in [2.45, 2.75) is 89.9 Å². The Morgan fingerprint density at radius 1 is 0.567 bits per heavy atom. The molecule has 0 atom stereocenters. The van der Waals surface area contributed by atoms with E-state index in [1.54, 1.807) is 0 Å². The fourth-order valence-corrected chi connectivity index (χ4v) is 6.75. The van der Waals surface area contributed by atoms with Crippen molar-refractivity contribution in [3.63, 3.8) is 0 Å². The second-order valence-corrected chi connectivity index (χ2v) is 23.7. The van der Waals surface area contributed by atoms with E-state index in [0.717, 1.165) is 23.1 Å². The summed E-state index contributed by atoms with van der Waals surface area (Å²) in [4.78, 5) is 10.3. The zero-order chi connectivity index (χ0) is 22.5. The molecule has 2 nitrogen and oxygen atoms in total. The summed E-state index contributed by atoms with van der Waals surface area (Å²) in [6.45, 7) is 24.2. The molecule has 0 amide bonds. The van der Waals surface area contributed by atoms with Gasteiger partial charge in [0.15, 0.2) is 0 Å². The van der Waals surface area contributed by atoms with Crippen molar-refractivity contribution in [2.24, 2.45) is 0 Å². The highest BCUT2D eigenvalue weighted by atomic mass is 28.3. The maximum Gasteiger partial charge on any atom is 0.0967 e. The molecule has 4 heteroatoms. The first-order valence-electron chi connectivity index (χ1n) is 11.3. The van der Waals surface area contributed by atoms with Gasteiger partial charge in [-0.05, 0) is 34.3 Å². The Balaban J connectivity index is 2.08. The van der Waals surface area contributed by atoms with Gasteiger partial charge in [-0.2, -0.15) is 0 Å². The molecule has 2 aromatic heterocycles. The highest BCUT2D eigenvalue weighted by molar-refractivity contribution is 6.80. The molecule has 162 valence electrons. The van der Waals surface area contributed by atoms with Crippen molar-refractivity contribution >= 4 is 38.0 Å². The quantitative estimate of drug-likeness (QED) is 0.306. The van der Waals surface area contributed by atoms with Crippen LogP contribution in [0, 0.1) is 0 Å². The van der Waals surface area contributed by atoms with Crippen LogP contribution in [0.5, 0.6) is 0 Å². The molecule has 1 aromatic carbocycles. The summed E-state index contributed by atoms with van der Waals surface area (Å²) in [5, 5.41) is 3.10. The first-order chi connectivity index (χ1) is 13.6. The molecule has 2 heterocycles. The number of benzene rings is 1. The van der Waals surface area contributed by atoms with Crippen molar-refractivity contribution < 1.29 is 0 Å². The fraction of sp³-hybridized carbons (Fsp3) is 0.538. The molecular formula is C26H40N2Si2. The highest BCUT2D eigenvalue weighted by Crippen LogP contribution is 2.39. The van der Waals surface area contributed by atoms with Crippen LogP contribution in [0.4, 0.5) is 0 Å². The Hall–Kier alpha value is -1.53. The van der Waals surface area contributed by atoms with E-state index >= 15 is 0 Å². The summed E-state index contributed by atoms with van der Waals surface area (Å²) >= 11 is 0. The molecule has 0 bridgehead atoms. The van der Waals surface area contributed by atoms with Gasteiger partial charge in [0.1, 0.15) is 0 Å². The maximum atomic E-state index is 5.17. The summed E-state index contributed by atoms with van der Waals surface area (Å²) in [7, 11) is -2.88. The number of pyridine rings is 2. The monoisotopic (exact) mass is 436 g/mol. The summed E-state index contributed by atoms with van der Waals surface area (Å²) < 4.78 is 0. The lowest BCUT2D eigenvalue weighted by atomic mass is 10.1. The van der Waals surface area contributed by atoms with Crippen molar-refractivity contribution in [1.29, 1.82) is 0 Å². The third-order valence-corrected chi connectivity index (χ3v) is 18.6. The van der Waals surface area contributed by atoms with E-state index in [0.29, 0.717) is 10.1 Å². The molecular weight excluding hydrogens is 396 g/mol. The normalized spacial score (nSPS) is 13.9. The van der Waals surface area contributed by atoms with E-state index in [9.17, 15) is 0 Å². The second kappa shape index (κ2) is 7.56. The Labute approximate surface area is 185 Å². The molecule has 0 N–H and O–H groups in total. The first-order valence-corrected chi connectivity index (χ1v) is 17.7. The Bertz CT molecular complexity index is 983. The molecule has 0 aliphatic rings. The predicted octanol–water partition coefficient (Wildman–Crippen LogP) is 7.96. The zero-order valence-corrected chi connectivity index (χ0v) is 22.8. The number of rotatable bonds is 4. The van der Waals surface area contributed by atoms with Crippen LogP contribution in [-0.4, -0.2) is 26.1 Å². The van der Waals surface area contributed by atoms with Gasteiger partial charge in [0, 0.05) is 22.2 Å². The van der Waals surface area contributed by atoms with Crippen LogP contribution in [-0.2, 0) is 12.1 Å². The summed E-state index contributed by atoms with van der Waals surface area (Å²) in [5.41, 5.74) is 4.58. The minimum atomic E-state index is -1.44. The van der Waals surface area contributed by atoms with Crippen molar-refractivity contribution in [2.75, 3.05) is 0 Å². The molecule has 0 saturated heterocycles. The maximum absolute atomic E-state index is 5.17. The first kappa shape index (κ1) is 23.1. The number of hydrogen-bond acceptors (Lipinski definition) is 2. The van der Waals surface area contributed by atoms with Gasteiger partial charge in [0.2, 0.25) is 0 Å². The topological polar surface area (TPSA) is 25.8 Å². The van der Waals surface area contributed by atoms with E-state index in [2.05, 4.69) is 104 Å². The van der Waals surface area contributed by atoms with Gasteiger partial charge in [-0.3, -0.25) is 9.97 Å². The third kappa shape index (κ3) is 4.55. The molecule has 0 spiro atoms. The average molecular weight is 437 g/mol. The largest absolute Gasteiger partial charge is 0.251 e. The molecule has 0 fully saturated rings. The van der Waals surface area contributed by atoms with Crippen LogP contribution in [0.15, 0.2) is 36.4 Å². The lowest BCUT2D eigenvalue weighted by Gasteiger charge is -2.37. The van der Waals surface area contributed by atoms with Gasteiger partial charge in [-0.25, -0.2) is 0 Å². The van der Waals surface area contributed by atoms with Crippen molar-refractivity contribution in [3.8, 4) is 0 Å². The summed E-state index contributed by atoms with van der Waals surface area (Å²) in [6.07, 6.45) is 0. The smallest absolute Gasteiger partial charge is 0.0967 e. The van der Waals surface area contributed by atoms with Crippen molar-refractivity contribution in [1.82, 2.24) is 9.97 Å². The Morgan fingerprint density at radius 3 is 1.17 bits per heavy atom. The van der Waals surface area contributed by atoms with E-state index in [4.69, 9.17) is 9.97 Å². The third-order valence-electron chi connectivity index (χ3n) is 7.94. The van der Waals surface area contributed by atoms with E-state index in [1.807, 2.05) is 0 Å². The van der Waals surface area contributed by atoms with Gasteiger partial charge < -0.3 is 0 Å². The lowest BCUT2D eigenvalue weighted by Crippen LogP contribution is -2.40. The van der Waals surface area contributed by atoms with Gasteiger partial charge in [0.05, 0.1) is 27.2 Å². The summed E-state index contributed by atoms with van der Waals surface area (Å²) in [5.74, 6) is 0. The zero-order valence-electron chi connectivity index (χ0n) is 20.8. The van der Waals surface area contributed by atoms with Crippen molar-refractivity contribution in [3.05, 3.63) is 47.8 Å². The molecule has 0 saturated carbocycles. The SMILES string of the molecule is CC(C)(C)[Si](C)(C)Cc1ccc2ccc3ccc(C[Si](C)(C)C(C)(C)C)nc3c2n1. The van der Waals surface area contributed by atoms with Crippen LogP contribution in [0.2, 0.25) is 36.3 Å². The minimum absolute atomic E-state index is 0.358. The van der Waals surface area contributed by atoms with Crippen LogP contribution >= 0.6 is 0 Å². The Kier molecular flexibility index (Phi) is 5.83. The summed E-state index contributed by atoms with van der Waals surface area (Å²) in [6, 6.07) is 15.5. The molecule has 30 heavy (non-hydrogen) atoms. The molecule has 0 unspecified atom stereocenters. The van der Waals surface area contributed by atoms with E-state index in [1.165, 1.54) is 22.2 Å². The van der Waals surface area contributed by atoms with Crippen LogP contribution in [0.25, 0.3) is 21.8 Å². The highest BCUT2D eigenvalue weighted by Gasteiger charge is 2.36. The number of aromatic nitrogens is 2. The molecule has 3 rings (SSSR count). The van der Waals surface area contributed by atoms with Gasteiger partial charge in [0.25, 0.3) is 0 Å². The van der Waals surface area contributed by atoms with E-state index in [-0.39, 0.29) is 0 Å². The van der Waals surface area contributed by atoms with Crippen LogP contribution in [0.3, 0.4) is 0 Å². The average Bonchev–Trinajstić information content (AvgIpc) is 2.59. The van der Waals surface area contributed by atoms with Gasteiger partial charge >= 0.3 is 0 Å². The van der Waals surface area contributed by atoms with Gasteiger partial charge in [-0.1, -0.05) is 92.0 Å². The number of nitrogens with zero attached hydrogens (tertiary/aromatic N) is 2. The number of hydrogen-bond donors (Lipinski definition) is 0. The molecule has 0 radical (unpaired) electrons. The predicted molar refractivity (Wildman–Crippen MR) is 139 cm³/mol. The standard InChI is InChI=1S/C26H40N2Si2/c1-25(2,3)29(7,8)17-21-15-13-19-11-12-20-14-16-22(28-24(20)23(19)27-21)18-30(9,10)26(4,5)6/h11-16H,17-18H2,1-10H3. The second-order valence-electron chi connectivity index (χ2n) is 12.4. The van der Waals surface area contributed by atoms with E-state index < -0.39 is 16.1 Å². The Morgan fingerprint density at radius 2 is 0.867 bits per heavy atom. The van der Waals surface area contributed by atoms with Crippen LogP contribution in [0.1, 0.15) is 52.9 Å². The molecule has 0 aliphatic carbocycles. The molecule has 3 aromatic rings. The lowest BCUT2D eigenvalue weighted by molar-refractivity contribution is 0.712. The van der Waals surface area contributed by atoms with Gasteiger partial charge in [-0.15, -0.1) is 0 Å².